The lowest BCUT2D eigenvalue weighted by Crippen LogP contribution is -2.30. The summed E-state index contributed by atoms with van der Waals surface area (Å²) in [6.45, 7) is 3.88. The van der Waals surface area contributed by atoms with E-state index in [4.69, 9.17) is 0 Å². The lowest BCUT2D eigenvalue weighted by molar-refractivity contribution is 0.0929. The van der Waals surface area contributed by atoms with Gasteiger partial charge in [-0.1, -0.05) is 19.1 Å². The summed E-state index contributed by atoms with van der Waals surface area (Å²) < 4.78 is 0. The van der Waals surface area contributed by atoms with Crippen LogP contribution in [0.3, 0.4) is 0 Å². The van der Waals surface area contributed by atoms with Crippen molar-refractivity contribution in [1.29, 1.82) is 0 Å². The fraction of sp³-hybridized carbons (Fsp3) is 0.267. The minimum atomic E-state index is -0.308. The Morgan fingerprint density at radius 3 is 2.70 bits per heavy atom. The highest BCUT2D eigenvalue weighted by molar-refractivity contribution is 5.92. The number of aromatic nitrogens is 2. The summed E-state index contributed by atoms with van der Waals surface area (Å²) in [5.41, 5.74) is 1.69. The van der Waals surface area contributed by atoms with Gasteiger partial charge in [0, 0.05) is 11.8 Å². The average Bonchev–Trinajstić information content (AvgIpc) is 2.44. The molecule has 0 aliphatic heterocycles. The largest absolute Gasteiger partial charge is 0.342 e. The molecule has 20 heavy (non-hydrogen) atoms. The number of rotatable bonds is 4. The highest BCUT2D eigenvalue weighted by Crippen LogP contribution is 2.15. The van der Waals surface area contributed by atoms with Crippen molar-refractivity contribution in [3.63, 3.8) is 0 Å². The van der Waals surface area contributed by atoms with Crippen molar-refractivity contribution in [2.75, 3.05) is 0 Å². The van der Waals surface area contributed by atoms with Crippen LogP contribution in [-0.2, 0) is 0 Å². The molecule has 2 aromatic heterocycles. The second-order valence-electron chi connectivity index (χ2n) is 4.57. The van der Waals surface area contributed by atoms with E-state index in [1.165, 1.54) is 6.07 Å². The van der Waals surface area contributed by atoms with Crippen molar-refractivity contribution in [1.82, 2.24) is 15.3 Å². The monoisotopic (exact) mass is 271 g/mol. The van der Waals surface area contributed by atoms with Crippen molar-refractivity contribution in [2.24, 2.45) is 0 Å². The number of hydrogen-bond acceptors (Lipinski definition) is 3. The number of aromatic amines is 1. The zero-order chi connectivity index (χ0) is 14.5. The van der Waals surface area contributed by atoms with Crippen LogP contribution in [0.5, 0.6) is 0 Å². The molecular weight excluding hydrogens is 254 g/mol. The van der Waals surface area contributed by atoms with Gasteiger partial charge in [-0.2, -0.15) is 0 Å². The zero-order valence-corrected chi connectivity index (χ0v) is 11.5. The molecule has 0 saturated heterocycles. The summed E-state index contributed by atoms with van der Waals surface area (Å²) in [7, 11) is 0. The third-order valence-corrected chi connectivity index (χ3v) is 2.99. The topological polar surface area (TPSA) is 74.8 Å². The van der Waals surface area contributed by atoms with Gasteiger partial charge in [-0.15, -0.1) is 0 Å². The highest BCUT2D eigenvalue weighted by atomic mass is 16.2. The van der Waals surface area contributed by atoms with Crippen LogP contribution in [0.4, 0.5) is 0 Å². The third kappa shape index (κ3) is 3.32. The van der Waals surface area contributed by atoms with E-state index >= 15 is 0 Å². The molecule has 104 valence electrons. The molecule has 0 fully saturated rings. The van der Waals surface area contributed by atoms with E-state index < -0.39 is 0 Å². The van der Waals surface area contributed by atoms with Gasteiger partial charge in [0.1, 0.15) is 5.69 Å². The molecular formula is C15H17N3O2. The number of aryl methyl sites for hydroxylation is 1. The Hall–Kier alpha value is -2.43. The number of carbonyl (C=O) groups is 1. The third-order valence-electron chi connectivity index (χ3n) is 2.99. The maximum atomic E-state index is 12.1. The number of carbonyl (C=O) groups excluding carboxylic acids is 1. The van der Waals surface area contributed by atoms with E-state index in [2.05, 4.69) is 15.3 Å². The SMILES string of the molecule is CC[C@H](NC(=O)c1cccc(=O)[nH]1)c1cccc(C)n1. The van der Waals surface area contributed by atoms with Crippen molar-refractivity contribution in [3.8, 4) is 0 Å². The van der Waals surface area contributed by atoms with Crippen molar-refractivity contribution in [3.05, 3.63) is 63.8 Å². The first-order valence-electron chi connectivity index (χ1n) is 6.54. The van der Waals surface area contributed by atoms with Crippen LogP contribution in [0.2, 0.25) is 0 Å². The van der Waals surface area contributed by atoms with E-state index in [0.717, 1.165) is 17.8 Å². The van der Waals surface area contributed by atoms with Crippen LogP contribution in [0.25, 0.3) is 0 Å². The second-order valence-corrected chi connectivity index (χ2v) is 4.57. The molecule has 2 rings (SSSR count). The Labute approximate surface area is 117 Å². The normalized spacial score (nSPS) is 11.9. The summed E-state index contributed by atoms with van der Waals surface area (Å²) >= 11 is 0. The van der Waals surface area contributed by atoms with Crippen LogP contribution in [0, 0.1) is 6.92 Å². The van der Waals surface area contributed by atoms with Crippen molar-refractivity contribution in [2.45, 2.75) is 26.3 Å². The van der Waals surface area contributed by atoms with Gasteiger partial charge in [-0.25, -0.2) is 0 Å². The standard InChI is InChI=1S/C15H17N3O2/c1-3-11(12-7-4-6-10(2)16-12)18-15(20)13-8-5-9-14(19)17-13/h4-9,11H,3H2,1-2H3,(H,17,19)(H,18,20)/t11-/m0/s1. The number of amides is 1. The number of pyridine rings is 2. The molecule has 2 heterocycles. The molecule has 0 spiro atoms. The van der Waals surface area contributed by atoms with Gasteiger partial charge in [0.25, 0.3) is 5.91 Å². The predicted octanol–water partition coefficient (Wildman–Crippen LogP) is 1.96. The van der Waals surface area contributed by atoms with E-state index in [1.807, 2.05) is 32.0 Å². The second kappa shape index (κ2) is 6.14. The summed E-state index contributed by atoms with van der Waals surface area (Å²) in [5.74, 6) is -0.308. The van der Waals surface area contributed by atoms with Gasteiger partial charge < -0.3 is 10.3 Å². The lowest BCUT2D eigenvalue weighted by Gasteiger charge is -2.16. The first-order chi connectivity index (χ1) is 9.60. The molecule has 5 nitrogen and oxygen atoms in total. The minimum Gasteiger partial charge on any atom is -0.342 e. The molecule has 5 heteroatoms. The number of H-pyrrole nitrogens is 1. The molecule has 0 saturated carbocycles. The number of nitrogens with one attached hydrogen (secondary N) is 2. The first-order valence-corrected chi connectivity index (χ1v) is 6.54. The molecule has 2 N–H and O–H groups in total. The fourth-order valence-corrected chi connectivity index (χ4v) is 1.96. The molecule has 2 aromatic rings. The molecule has 0 unspecified atom stereocenters. The lowest BCUT2D eigenvalue weighted by atomic mass is 10.1. The van der Waals surface area contributed by atoms with Gasteiger partial charge >= 0.3 is 0 Å². The van der Waals surface area contributed by atoms with Gasteiger partial charge in [0.2, 0.25) is 5.56 Å². The smallest absolute Gasteiger partial charge is 0.268 e. The molecule has 0 bridgehead atoms. The Morgan fingerprint density at radius 1 is 1.30 bits per heavy atom. The Bertz CT molecular complexity index is 664. The molecule has 0 aliphatic rings. The summed E-state index contributed by atoms with van der Waals surface area (Å²) in [6, 6.07) is 10.0. The maximum absolute atomic E-state index is 12.1. The van der Waals surface area contributed by atoms with Crippen LogP contribution in [-0.4, -0.2) is 15.9 Å². The van der Waals surface area contributed by atoms with Gasteiger partial charge in [-0.3, -0.25) is 14.6 Å². The van der Waals surface area contributed by atoms with Crippen LogP contribution in [0.1, 0.15) is 41.3 Å². The predicted molar refractivity (Wildman–Crippen MR) is 76.5 cm³/mol. The quantitative estimate of drug-likeness (QED) is 0.892. The summed E-state index contributed by atoms with van der Waals surface area (Å²) in [4.78, 5) is 30.3. The maximum Gasteiger partial charge on any atom is 0.268 e. The minimum absolute atomic E-state index is 0.175. The van der Waals surface area contributed by atoms with E-state index in [1.54, 1.807) is 12.1 Å². The van der Waals surface area contributed by atoms with Crippen molar-refractivity contribution < 1.29 is 4.79 Å². The number of nitrogens with zero attached hydrogens (tertiary/aromatic N) is 1. The van der Waals surface area contributed by atoms with Crippen LogP contribution in [0.15, 0.2) is 41.2 Å². The Kier molecular flexibility index (Phi) is 4.30. The fourth-order valence-electron chi connectivity index (χ4n) is 1.96. The number of hydrogen-bond donors (Lipinski definition) is 2. The molecule has 0 aliphatic carbocycles. The summed E-state index contributed by atoms with van der Waals surface area (Å²) in [6.07, 6.45) is 0.721. The van der Waals surface area contributed by atoms with E-state index in [9.17, 15) is 9.59 Å². The van der Waals surface area contributed by atoms with Crippen LogP contribution < -0.4 is 10.9 Å². The first kappa shape index (κ1) is 14.0. The van der Waals surface area contributed by atoms with Gasteiger partial charge in [0.15, 0.2) is 0 Å². The van der Waals surface area contributed by atoms with E-state index in [0.29, 0.717) is 0 Å². The summed E-state index contributed by atoms with van der Waals surface area (Å²) in [5, 5.41) is 2.88. The van der Waals surface area contributed by atoms with Gasteiger partial charge in [0.05, 0.1) is 11.7 Å². The molecule has 0 aromatic carbocycles. The average molecular weight is 271 g/mol. The molecule has 0 radical (unpaired) electrons. The molecule has 1 atom stereocenters. The Balaban J connectivity index is 2.18. The van der Waals surface area contributed by atoms with Crippen molar-refractivity contribution >= 4 is 5.91 Å². The van der Waals surface area contributed by atoms with Gasteiger partial charge in [-0.05, 0) is 31.5 Å². The Morgan fingerprint density at radius 2 is 2.05 bits per heavy atom. The van der Waals surface area contributed by atoms with E-state index in [-0.39, 0.29) is 23.2 Å². The zero-order valence-electron chi connectivity index (χ0n) is 11.5. The highest BCUT2D eigenvalue weighted by Gasteiger charge is 2.15. The van der Waals surface area contributed by atoms with Crippen LogP contribution >= 0.6 is 0 Å². The molecule has 1 amide bonds.